The lowest BCUT2D eigenvalue weighted by Gasteiger charge is -2.05. The van der Waals surface area contributed by atoms with Crippen LogP contribution in [0.15, 0.2) is 54.6 Å². The zero-order chi connectivity index (χ0) is 12.1. The first-order valence-corrected chi connectivity index (χ1v) is 5.99. The molecule has 0 unspecified atom stereocenters. The minimum atomic E-state index is -0.0933. The van der Waals surface area contributed by atoms with Gasteiger partial charge in [0.2, 0.25) is 0 Å². The Hall–Kier alpha value is -1.74. The van der Waals surface area contributed by atoms with Gasteiger partial charge in [0.15, 0.2) is 0 Å². The third-order valence-electron chi connectivity index (χ3n) is 2.43. The third kappa shape index (κ3) is 3.11. The molecule has 0 spiro atoms. The Kier molecular flexibility index (Phi) is 3.83. The van der Waals surface area contributed by atoms with Crippen LogP contribution in [0.1, 0.15) is 15.9 Å². The van der Waals surface area contributed by atoms with Crippen LogP contribution in [-0.4, -0.2) is 5.91 Å². The van der Waals surface area contributed by atoms with Crippen molar-refractivity contribution in [3.8, 4) is 0 Å². The summed E-state index contributed by atoms with van der Waals surface area (Å²) in [7, 11) is 0. The maximum Gasteiger partial charge on any atom is 0.255 e. The summed E-state index contributed by atoms with van der Waals surface area (Å²) in [6.07, 6.45) is 0. The normalized spacial score (nSPS) is 9.94. The Morgan fingerprint density at radius 3 is 2.24 bits per heavy atom. The molecular weight excluding hydrogens is 230 g/mol. The van der Waals surface area contributed by atoms with E-state index in [0.717, 1.165) is 11.3 Å². The van der Waals surface area contributed by atoms with Crippen LogP contribution in [0.3, 0.4) is 0 Å². The van der Waals surface area contributed by atoms with E-state index in [2.05, 4.69) is 17.9 Å². The van der Waals surface area contributed by atoms with Crippen molar-refractivity contribution in [2.45, 2.75) is 5.75 Å². The van der Waals surface area contributed by atoms with Gasteiger partial charge < -0.3 is 5.32 Å². The molecule has 0 atom stereocenters. The molecule has 17 heavy (non-hydrogen) atoms. The molecule has 0 aliphatic carbocycles. The summed E-state index contributed by atoms with van der Waals surface area (Å²) in [4.78, 5) is 11.8. The topological polar surface area (TPSA) is 29.1 Å². The molecule has 2 aromatic rings. The average molecular weight is 243 g/mol. The number of thiol groups is 1. The van der Waals surface area contributed by atoms with Gasteiger partial charge in [-0.25, -0.2) is 0 Å². The molecule has 2 aromatic carbocycles. The minimum Gasteiger partial charge on any atom is -0.322 e. The van der Waals surface area contributed by atoms with E-state index in [9.17, 15) is 4.79 Å². The van der Waals surface area contributed by atoms with Crippen LogP contribution in [0.5, 0.6) is 0 Å². The largest absolute Gasteiger partial charge is 0.322 e. The molecular formula is C14H13NOS. The van der Waals surface area contributed by atoms with Crippen LogP contribution in [0.2, 0.25) is 0 Å². The Labute approximate surface area is 106 Å². The van der Waals surface area contributed by atoms with Crippen molar-refractivity contribution < 1.29 is 4.79 Å². The highest BCUT2D eigenvalue weighted by atomic mass is 32.1. The van der Waals surface area contributed by atoms with E-state index >= 15 is 0 Å². The number of carbonyl (C=O) groups excluding carboxylic acids is 1. The van der Waals surface area contributed by atoms with Gasteiger partial charge >= 0.3 is 0 Å². The summed E-state index contributed by atoms with van der Waals surface area (Å²) < 4.78 is 0. The molecule has 0 aliphatic heterocycles. The van der Waals surface area contributed by atoms with Gasteiger partial charge in [0.1, 0.15) is 0 Å². The Balaban J connectivity index is 2.08. The molecule has 1 N–H and O–H groups in total. The smallest absolute Gasteiger partial charge is 0.255 e. The summed E-state index contributed by atoms with van der Waals surface area (Å²) in [6.45, 7) is 0. The summed E-state index contributed by atoms with van der Waals surface area (Å²) in [5.41, 5.74) is 2.58. The van der Waals surface area contributed by atoms with Crippen molar-refractivity contribution in [3.05, 3.63) is 65.7 Å². The molecule has 0 heterocycles. The predicted octanol–water partition coefficient (Wildman–Crippen LogP) is 3.37. The number of anilines is 1. The van der Waals surface area contributed by atoms with E-state index in [0.29, 0.717) is 11.3 Å². The van der Waals surface area contributed by atoms with Crippen molar-refractivity contribution in [3.63, 3.8) is 0 Å². The zero-order valence-electron chi connectivity index (χ0n) is 9.26. The van der Waals surface area contributed by atoms with Crippen molar-refractivity contribution in [2.24, 2.45) is 0 Å². The fraction of sp³-hybridized carbons (Fsp3) is 0.0714. The van der Waals surface area contributed by atoms with Crippen molar-refractivity contribution in [1.82, 2.24) is 0 Å². The number of amides is 1. The second-order valence-electron chi connectivity index (χ2n) is 3.68. The van der Waals surface area contributed by atoms with Gasteiger partial charge in [-0.15, -0.1) is 0 Å². The lowest BCUT2D eigenvalue weighted by molar-refractivity contribution is 0.102. The molecule has 0 fully saturated rings. The molecule has 0 saturated carbocycles. The van der Waals surface area contributed by atoms with Crippen molar-refractivity contribution in [2.75, 3.05) is 5.32 Å². The number of nitrogens with one attached hydrogen (secondary N) is 1. The number of hydrogen-bond donors (Lipinski definition) is 2. The standard InChI is InChI=1S/C14H13NOS/c16-14(12-4-2-1-3-5-12)15-13-8-6-11(10-17)7-9-13/h1-9,17H,10H2,(H,15,16). The molecule has 2 nitrogen and oxygen atoms in total. The molecule has 0 radical (unpaired) electrons. The number of rotatable bonds is 3. The third-order valence-corrected chi connectivity index (χ3v) is 2.80. The second-order valence-corrected chi connectivity index (χ2v) is 3.99. The van der Waals surface area contributed by atoms with E-state index < -0.39 is 0 Å². The molecule has 0 aliphatic rings. The van der Waals surface area contributed by atoms with E-state index in [1.807, 2.05) is 42.5 Å². The van der Waals surface area contributed by atoms with Gasteiger partial charge in [-0.3, -0.25) is 4.79 Å². The molecule has 2 rings (SSSR count). The monoisotopic (exact) mass is 243 g/mol. The van der Waals surface area contributed by atoms with Crippen LogP contribution in [0.4, 0.5) is 5.69 Å². The van der Waals surface area contributed by atoms with Crippen molar-refractivity contribution in [1.29, 1.82) is 0 Å². The number of hydrogen-bond acceptors (Lipinski definition) is 2. The highest BCUT2D eigenvalue weighted by Crippen LogP contribution is 2.12. The number of carbonyl (C=O) groups is 1. The van der Waals surface area contributed by atoms with Gasteiger partial charge in [0.25, 0.3) is 5.91 Å². The van der Waals surface area contributed by atoms with Crippen LogP contribution in [0.25, 0.3) is 0 Å². The first-order valence-electron chi connectivity index (χ1n) is 5.36. The predicted molar refractivity (Wildman–Crippen MR) is 73.5 cm³/mol. The molecule has 0 saturated heterocycles. The van der Waals surface area contributed by atoms with Gasteiger partial charge in [0.05, 0.1) is 0 Å². The highest BCUT2D eigenvalue weighted by molar-refractivity contribution is 7.79. The summed E-state index contributed by atoms with van der Waals surface area (Å²) in [6, 6.07) is 16.8. The fourth-order valence-electron chi connectivity index (χ4n) is 1.49. The van der Waals surface area contributed by atoms with Gasteiger partial charge in [-0.1, -0.05) is 30.3 Å². The summed E-state index contributed by atoms with van der Waals surface area (Å²) in [5.74, 6) is 0.608. The summed E-state index contributed by atoms with van der Waals surface area (Å²) >= 11 is 4.18. The number of benzene rings is 2. The van der Waals surface area contributed by atoms with Gasteiger partial charge in [-0.2, -0.15) is 12.6 Å². The lowest BCUT2D eigenvalue weighted by atomic mass is 10.2. The molecule has 1 amide bonds. The van der Waals surface area contributed by atoms with Gasteiger partial charge in [0, 0.05) is 17.0 Å². The lowest BCUT2D eigenvalue weighted by Crippen LogP contribution is -2.11. The first-order chi connectivity index (χ1) is 8.29. The quantitative estimate of drug-likeness (QED) is 0.795. The Morgan fingerprint density at radius 1 is 1.00 bits per heavy atom. The average Bonchev–Trinajstić information content (AvgIpc) is 2.40. The van der Waals surface area contributed by atoms with E-state index in [1.54, 1.807) is 12.1 Å². The van der Waals surface area contributed by atoms with E-state index in [-0.39, 0.29) is 5.91 Å². The molecule has 0 aromatic heterocycles. The Bertz CT molecular complexity index is 493. The van der Waals surface area contributed by atoms with Crippen LogP contribution in [0, 0.1) is 0 Å². The van der Waals surface area contributed by atoms with Gasteiger partial charge in [-0.05, 0) is 29.8 Å². The summed E-state index contributed by atoms with van der Waals surface area (Å²) in [5, 5.41) is 2.85. The zero-order valence-corrected chi connectivity index (χ0v) is 10.2. The van der Waals surface area contributed by atoms with Crippen LogP contribution < -0.4 is 5.32 Å². The molecule has 86 valence electrons. The second kappa shape index (κ2) is 5.55. The molecule has 0 bridgehead atoms. The maximum absolute atomic E-state index is 11.8. The minimum absolute atomic E-state index is 0.0933. The Morgan fingerprint density at radius 2 is 1.65 bits per heavy atom. The highest BCUT2D eigenvalue weighted by Gasteiger charge is 2.04. The first kappa shape index (κ1) is 11.7. The molecule has 3 heteroatoms. The van der Waals surface area contributed by atoms with Crippen molar-refractivity contribution >= 4 is 24.2 Å². The SMILES string of the molecule is O=C(Nc1ccc(CS)cc1)c1ccccc1. The van der Waals surface area contributed by atoms with E-state index in [4.69, 9.17) is 0 Å². The fourth-order valence-corrected chi connectivity index (χ4v) is 1.70. The van der Waals surface area contributed by atoms with Crippen LogP contribution in [-0.2, 0) is 5.75 Å². The van der Waals surface area contributed by atoms with E-state index in [1.165, 1.54) is 0 Å². The van der Waals surface area contributed by atoms with Crippen LogP contribution >= 0.6 is 12.6 Å². The maximum atomic E-state index is 11.8.